The largest absolute Gasteiger partial charge is 0.382 e. The first kappa shape index (κ1) is 17.5. The van der Waals surface area contributed by atoms with Crippen molar-refractivity contribution in [3.05, 3.63) is 81.5 Å². The van der Waals surface area contributed by atoms with Gasteiger partial charge in [0, 0.05) is 16.6 Å². The number of nitriles is 1. The second kappa shape index (κ2) is 8.15. The highest BCUT2D eigenvalue weighted by molar-refractivity contribution is 9.10. The molecule has 25 heavy (non-hydrogen) atoms. The third kappa shape index (κ3) is 4.59. The second-order valence-electron chi connectivity index (χ2n) is 5.40. The monoisotopic (exact) mass is 410 g/mol. The Morgan fingerprint density at radius 3 is 2.40 bits per heavy atom. The molecular formula is C19H15BrN4S. The van der Waals surface area contributed by atoms with Gasteiger partial charge in [0.05, 0.1) is 5.69 Å². The first-order valence-electron chi connectivity index (χ1n) is 7.63. The fourth-order valence-corrected chi connectivity index (χ4v) is 3.43. The molecule has 1 aromatic heterocycles. The number of nitrogens with zero attached hydrogens (tertiary/aromatic N) is 3. The molecule has 4 nitrogen and oxygen atoms in total. The quantitative estimate of drug-likeness (QED) is 0.492. The number of hydrogen-bond acceptors (Lipinski definition) is 5. The molecule has 0 radical (unpaired) electrons. The van der Waals surface area contributed by atoms with Gasteiger partial charge in [-0.1, -0.05) is 70.2 Å². The van der Waals surface area contributed by atoms with Crippen molar-refractivity contribution in [1.82, 2.24) is 9.97 Å². The second-order valence-corrected chi connectivity index (χ2v) is 7.26. The van der Waals surface area contributed by atoms with Crippen molar-refractivity contribution >= 4 is 33.5 Å². The van der Waals surface area contributed by atoms with E-state index in [2.05, 4.69) is 44.1 Å². The zero-order valence-corrected chi connectivity index (χ0v) is 15.7. The fourth-order valence-electron chi connectivity index (χ4n) is 2.34. The lowest BCUT2D eigenvalue weighted by Gasteiger charge is -2.09. The molecule has 3 rings (SSSR count). The van der Waals surface area contributed by atoms with E-state index in [1.54, 1.807) is 0 Å². The van der Waals surface area contributed by atoms with Crippen molar-refractivity contribution in [2.75, 3.05) is 5.73 Å². The molecule has 0 spiro atoms. The van der Waals surface area contributed by atoms with Crippen LogP contribution in [0.15, 0.2) is 64.2 Å². The number of aromatic nitrogens is 2. The molecule has 2 N–H and O–H groups in total. The molecule has 0 saturated heterocycles. The number of nitrogen functional groups attached to an aromatic ring is 1. The standard InChI is InChI=1S/C19H15BrN4S/c20-15-8-6-14(7-9-15)12-25-19-23-17(16(11-21)18(22)24-19)10-13-4-2-1-3-5-13/h1-9H,10,12H2,(H2,22,23,24). The van der Waals surface area contributed by atoms with E-state index >= 15 is 0 Å². The molecule has 0 aliphatic heterocycles. The number of halogens is 1. The van der Waals surface area contributed by atoms with Crippen LogP contribution in [0.25, 0.3) is 0 Å². The average molecular weight is 411 g/mol. The molecule has 0 saturated carbocycles. The van der Waals surface area contributed by atoms with Crippen molar-refractivity contribution < 1.29 is 0 Å². The van der Waals surface area contributed by atoms with Gasteiger partial charge in [-0.25, -0.2) is 9.97 Å². The average Bonchev–Trinajstić information content (AvgIpc) is 2.62. The van der Waals surface area contributed by atoms with Gasteiger partial charge in [-0.15, -0.1) is 0 Å². The molecular weight excluding hydrogens is 396 g/mol. The molecule has 0 bridgehead atoms. The molecule has 1 heterocycles. The Balaban J connectivity index is 1.83. The first-order chi connectivity index (χ1) is 12.2. The summed E-state index contributed by atoms with van der Waals surface area (Å²) in [5.74, 6) is 0.977. The highest BCUT2D eigenvalue weighted by Crippen LogP contribution is 2.25. The fraction of sp³-hybridized carbons (Fsp3) is 0.105. The minimum atomic E-state index is 0.238. The summed E-state index contributed by atoms with van der Waals surface area (Å²) in [4.78, 5) is 8.85. The van der Waals surface area contributed by atoms with Gasteiger partial charge in [-0.3, -0.25) is 0 Å². The lowest BCUT2D eigenvalue weighted by Crippen LogP contribution is -2.06. The van der Waals surface area contributed by atoms with Crippen LogP contribution in [0.5, 0.6) is 0 Å². The number of nitrogens with two attached hydrogens (primary N) is 1. The van der Waals surface area contributed by atoms with E-state index in [1.165, 1.54) is 17.3 Å². The van der Waals surface area contributed by atoms with Crippen LogP contribution in [-0.4, -0.2) is 9.97 Å². The van der Waals surface area contributed by atoms with Crippen LogP contribution >= 0.6 is 27.7 Å². The van der Waals surface area contributed by atoms with Gasteiger partial charge in [0.25, 0.3) is 0 Å². The van der Waals surface area contributed by atoms with Crippen LogP contribution in [0, 0.1) is 11.3 Å². The molecule has 3 aromatic rings. The van der Waals surface area contributed by atoms with Gasteiger partial charge in [0.1, 0.15) is 17.5 Å². The Morgan fingerprint density at radius 2 is 1.72 bits per heavy atom. The summed E-state index contributed by atoms with van der Waals surface area (Å²) in [6.07, 6.45) is 0.558. The summed E-state index contributed by atoms with van der Waals surface area (Å²) in [5.41, 5.74) is 9.26. The Bertz CT molecular complexity index is 905. The van der Waals surface area contributed by atoms with Crippen LogP contribution in [0.2, 0.25) is 0 Å². The van der Waals surface area contributed by atoms with Crippen LogP contribution in [-0.2, 0) is 12.2 Å². The van der Waals surface area contributed by atoms with Crippen molar-refractivity contribution in [2.45, 2.75) is 17.3 Å². The van der Waals surface area contributed by atoms with Gasteiger partial charge in [-0.2, -0.15) is 5.26 Å². The van der Waals surface area contributed by atoms with E-state index in [9.17, 15) is 5.26 Å². The summed E-state index contributed by atoms with van der Waals surface area (Å²) in [6, 6.07) is 20.1. The minimum absolute atomic E-state index is 0.238. The summed E-state index contributed by atoms with van der Waals surface area (Å²) in [6.45, 7) is 0. The molecule has 0 aliphatic carbocycles. The predicted octanol–water partition coefficient (Wildman–Crippen LogP) is 4.58. The topological polar surface area (TPSA) is 75.6 Å². The minimum Gasteiger partial charge on any atom is -0.382 e. The third-order valence-electron chi connectivity index (χ3n) is 3.60. The van der Waals surface area contributed by atoms with E-state index in [-0.39, 0.29) is 5.82 Å². The highest BCUT2D eigenvalue weighted by Gasteiger charge is 2.13. The molecule has 0 fully saturated rings. The van der Waals surface area contributed by atoms with Crippen LogP contribution in [0.1, 0.15) is 22.4 Å². The van der Waals surface area contributed by atoms with Crippen molar-refractivity contribution in [2.24, 2.45) is 0 Å². The van der Waals surface area contributed by atoms with E-state index in [0.717, 1.165) is 15.8 Å². The molecule has 2 aromatic carbocycles. The van der Waals surface area contributed by atoms with E-state index < -0.39 is 0 Å². The van der Waals surface area contributed by atoms with Crippen molar-refractivity contribution in [3.8, 4) is 6.07 Å². The van der Waals surface area contributed by atoms with Crippen LogP contribution in [0.3, 0.4) is 0 Å². The van der Waals surface area contributed by atoms with Gasteiger partial charge < -0.3 is 5.73 Å². The number of benzene rings is 2. The molecule has 6 heteroatoms. The van der Waals surface area contributed by atoms with Gasteiger partial charge in [0.15, 0.2) is 5.16 Å². The van der Waals surface area contributed by atoms with E-state index in [4.69, 9.17) is 5.73 Å². The van der Waals surface area contributed by atoms with Gasteiger partial charge >= 0.3 is 0 Å². The normalized spacial score (nSPS) is 10.4. The summed E-state index contributed by atoms with van der Waals surface area (Å²) in [5, 5.41) is 9.97. The van der Waals surface area contributed by atoms with Crippen molar-refractivity contribution in [3.63, 3.8) is 0 Å². The maximum absolute atomic E-state index is 9.38. The number of thioether (sulfide) groups is 1. The summed E-state index contributed by atoms with van der Waals surface area (Å²) < 4.78 is 1.05. The molecule has 0 atom stereocenters. The number of anilines is 1. The van der Waals surface area contributed by atoms with E-state index in [0.29, 0.717) is 22.8 Å². The lowest BCUT2D eigenvalue weighted by atomic mass is 10.1. The van der Waals surface area contributed by atoms with Gasteiger partial charge in [0.2, 0.25) is 0 Å². The molecule has 0 amide bonds. The SMILES string of the molecule is N#Cc1c(N)nc(SCc2ccc(Br)cc2)nc1Cc1ccccc1. The summed E-state index contributed by atoms with van der Waals surface area (Å²) in [7, 11) is 0. The third-order valence-corrected chi connectivity index (χ3v) is 5.05. The van der Waals surface area contributed by atoms with Crippen molar-refractivity contribution in [1.29, 1.82) is 5.26 Å². The lowest BCUT2D eigenvalue weighted by molar-refractivity contribution is 0.902. The first-order valence-corrected chi connectivity index (χ1v) is 9.41. The maximum atomic E-state index is 9.38. The predicted molar refractivity (Wildman–Crippen MR) is 104 cm³/mol. The van der Waals surface area contributed by atoms with E-state index in [1.807, 2.05) is 42.5 Å². The van der Waals surface area contributed by atoms with Crippen LogP contribution in [0.4, 0.5) is 5.82 Å². The summed E-state index contributed by atoms with van der Waals surface area (Å²) >= 11 is 4.94. The zero-order valence-electron chi connectivity index (χ0n) is 13.3. The Labute approximate surface area is 159 Å². The molecule has 0 aliphatic rings. The molecule has 0 unspecified atom stereocenters. The number of hydrogen-bond donors (Lipinski definition) is 1. The Hall–Kier alpha value is -2.36. The molecule has 124 valence electrons. The van der Waals surface area contributed by atoms with Crippen LogP contribution < -0.4 is 5.73 Å². The Kier molecular flexibility index (Phi) is 5.69. The maximum Gasteiger partial charge on any atom is 0.190 e. The highest BCUT2D eigenvalue weighted by atomic mass is 79.9. The zero-order chi connectivity index (χ0) is 17.6. The smallest absolute Gasteiger partial charge is 0.190 e. The Morgan fingerprint density at radius 1 is 1.00 bits per heavy atom. The number of rotatable bonds is 5. The van der Waals surface area contributed by atoms with Gasteiger partial charge in [-0.05, 0) is 23.3 Å².